The van der Waals surface area contributed by atoms with Crippen molar-refractivity contribution in [2.24, 2.45) is 5.92 Å². The van der Waals surface area contributed by atoms with Crippen LogP contribution >= 0.6 is 11.3 Å². The third-order valence-corrected chi connectivity index (χ3v) is 6.65. The number of nitrogens with zero attached hydrogens (tertiary/aromatic N) is 2. The molecule has 29 heavy (non-hydrogen) atoms. The van der Waals surface area contributed by atoms with E-state index in [1.807, 2.05) is 29.2 Å². The van der Waals surface area contributed by atoms with E-state index in [1.165, 1.54) is 0 Å². The Balaban J connectivity index is 1.32. The van der Waals surface area contributed by atoms with Gasteiger partial charge in [-0.1, -0.05) is 0 Å². The molecule has 0 radical (unpaired) electrons. The first-order chi connectivity index (χ1) is 14.1. The Morgan fingerprint density at radius 1 is 1.24 bits per heavy atom. The molecule has 1 N–H and O–H groups in total. The summed E-state index contributed by atoms with van der Waals surface area (Å²) in [4.78, 5) is 31.3. The van der Waals surface area contributed by atoms with E-state index in [0.717, 1.165) is 55.1 Å². The van der Waals surface area contributed by atoms with E-state index < -0.39 is 0 Å². The molecular formula is C22H27N3O3S. The summed E-state index contributed by atoms with van der Waals surface area (Å²) >= 11 is 1.67. The molecule has 2 amide bonds. The van der Waals surface area contributed by atoms with Gasteiger partial charge in [0.2, 0.25) is 5.91 Å². The number of amides is 2. The maximum atomic E-state index is 12.9. The monoisotopic (exact) mass is 413 g/mol. The highest BCUT2D eigenvalue weighted by molar-refractivity contribution is 7.09. The van der Waals surface area contributed by atoms with Gasteiger partial charge in [-0.25, -0.2) is 4.98 Å². The minimum absolute atomic E-state index is 0.0666. The highest BCUT2D eigenvalue weighted by atomic mass is 32.1. The van der Waals surface area contributed by atoms with Gasteiger partial charge in [-0.3, -0.25) is 9.59 Å². The van der Waals surface area contributed by atoms with Gasteiger partial charge >= 0.3 is 0 Å². The maximum Gasteiger partial charge on any atom is 0.253 e. The van der Waals surface area contributed by atoms with E-state index in [9.17, 15) is 9.59 Å². The van der Waals surface area contributed by atoms with Crippen molar-refractivity contribution < 1.29 is 14.3 Å². The lowest BCUT2D eigenvalue weighted by atomic mass is 9.98. The fourth-order valence-corrected chi connectivity index (χ4v) is 4.69. The Kier molecular flexibility index (Phi) is 6.13. The molecule has 2 fully saturated rings. The molecule has 0 bridgehead atoms. The summed E-state index contributed by atoms with van der Waals surface area (Å²) in [6.45, 7) is 2.13. The number of thiazole rings is 1. The molecule has 1 saturated carbocycles. The van der Waals surface area contributed by atoms with Crippen molar-refractivity contribution in [2.75, 3.05) is 26.7 Å². The van der Waals surface area contributed by atoms with Gasteiger partial charge in [0.05, 0.1) is 17.8 Å². The molecule has 1 atom stereocenters. The number of likely N-dealkylation sites (tertiary alicyclic amines) is 1. The molecule has 154 valence electrons. The van der Waals surface area contributed by atoms with E-state index in [-0.39, 0.29) is 23.7 Å². The minimum atomic E-state index is 0.0666. The number of piperidine rings is 1. The predicted molar refractivity (Wildman–Crippen MR) is 112 cm³/mol. The first-order valence-electron chi connectivity index (χ1n) is 10.3. The fourth-order valence-electron chi connectivity index (χ4n) is 3.71. The topological polar surface area (TPSA) is 71.5 Å². The standard InChI is InChI=1S/C22H27N3O3S/c1-28-19-8-6-16(7-9-19)22(27)25-12-2-3-17(13-25)21-24-18(14-29-21)10-11-23-20(26)15-4-5-15/h6-9,14-15,17H,2-5,10-13H2,1H3,(H,23,26)/t17-/m0/s1. The number of benzene rings is 1. The second-order valence-corrected chi connectivity index (χ2v) is 8.70. The second kappa shape index (κ2) is 8.95. The number of rotatable bonds is 7. The average Bonchev–Trinajstić information content (AvgIpc) is 3.52. The first-order valence-corrected chi connectivity index (χ1v) is 11.2. The van der Waals surface area contributed by atoms with Gasteiger partial charge in [0.1, 0.15) is 5.75 Å². The van der Waals surface area contributed by atoms with Crippen molar-refractivity contribution in [3.05, 3.63) is 45.9 Å². The quantitative estimate of drug-likeness (QED) is 0.756. The van der Waals surface area contributed by atoms with Crippen LogP contribution in [0.2, 0.25) is 0 Å². The van der Waals surface area contributed by atoms with Crippen molar-refractivity contribution in [1.82, 2.24) is 15.2 Å². The van der Waals surface area contributed by atoms with Crippen molar-refractivity contribution in [3.8, 4) is 5.75 Å². The summed E-state index contributed by atoms with van der Waals surface area (Å²) in [6, 6.07) is 7.29. The SMILES string of the molecule is COc1ccc(C(=O)N2CCC[C@H](c3nc(CCNC(=O)C4CC4)cs3)C2)cc1. The van der Waals surface area contributed by atoms with Gasteiger partial charge in [-0.15, -0.1) is 11.3 Å². The molecule has 0 unspecified atom stereocenters. The molecule has 6 nitrogen and oxygen atoms in total. The summed E-state index contributed by atoms with van der Waals surface area (Å²) in [7, 11) is 1.62. The number of ether oxygens (including phenoxy) is 1. The van der Waals surface area contributed by atoms with Crippen LogP contribution in [-0.4, -0.2) is 48.4 Å². The van der Waals surface area contributed by atoms with Gasteiger partial charge in [0, 0.05) is 48.8 Å². The zero-order chi connectivity index (χ0) is 20.2. The van der Waals surface area contributed by atoms with Crippen LogP contribution in [0.25, 0.3) is 0 Å². The number of hydrogen-bond donors (Lipinski definition) is 1. The fraction of sp³-hybridized carbons (Fsp3) is 0.500. The summed E-state index contributed by atoms with van der Waals surface area (Å²) in [5, 5.41) is 6.18. The van der Waals surface area contributed by atoms with Crippen molar-refractivity contribution in [1.29, 1.82) is 0 Å². The van der Waals surface area contributed by atoms with Crippen LogP contribution in [0.4, 0.5) is 0 Å². The van der Waals surface area contributed by atoms with Crippen molar-refractivity contribution >= 4 is 23.2 Å². The molecule has 1 aromatic carbocycles. The van der Waals surface area contributed by atoms with Crippen molar-refractivity contribution in [3.63, 3.8) is 0 Å². The van der Waals surface area contributed by atoms with E-state index in [1.54, 1.807) is 18.4 Å². The number of aromatic nitrogens is 1. The number of carbonyl (C=O) groups excluding carboxylic acids is 2. The van der Waals surface area contributed by atoms with Crippen molar-refractivity contribution in [2.45, 2.75) is 38.0 Å². The van der Waals surface area contributed by atoms with Gasteiger partial charge in [-0.05, 0) is 49.9 Å². The van der Waals surface area contributed by atoms with Gasteiger partial charge < -0.3 is 15.0 Å². The first kappa shape index (κ1) is 19.9. The van der Waals surface area contributed by atoms with Gasteiger partial charge in [0.15, 0.2) is 0 Å². The molecule has 4 rings (SSSR count). The van der Waals surface area contributed by atoms with E-state index in [4.69, 9.17) is 9.72 Å². The number of hydrogen-bond acceptors (Lipinski definition) is 5. The van der Waals surface area contributed by atoms with Crippen LogP contribution in [0.5, 0.6) is 5.75 Å². The summed E-state index contributed by atoms with van der Waals surface area (Å²) in [5.74, 6) is 1.53. The third kappa shape index (κ3) is 4.96. The van der Waals surface area contributed by atoms with Crippen LogP contribution in [0.1, 0.15) is 52.7 Å². The maximum absolute atomic E-state index is 12.9. The number of nitrogens with one attached hydrogen (secondary N) is 1. The molecule has 1 aliphatic heterocycles. The zero-order valence-corrected chi connectivity index (χ0v) is 17.5. The lowest BCUT2D eigenvalue weighted by Gasteiger charge is -2.32. The molecule has 2 aromatic rings. The lowest BCUT2D eigenvalue weighted by Crippen LogP contribution is -2.39. The Labute approximate surface area is 175 Å². The van der Waals surface area contributed by atoms with E-state index in [0.29, 0.717) is 18.7 Å². The Morgan fingerprint density at radius 2 is 2.03 bits per heavy atom. The predicted octanol–water partition coefficient (Wildman–Crippen LogP) is 3.24. The zero-order valence-electron chi connectivity index (χ0n) is 16.7. The number of carbonyl (C=O) groups is 2. The summed E-state index contributed by atoms with van der Waals surface area (Å²) in [5.41, 5.74) is 1.72. The van der Waals surface area contributed by atoms with Gasteiger partial charge in [0.25, 0.3) is 5.91 Å². The molecule has 2 aliphatic rings. The smallest absolute Gasteiger partial charge is 0.253 e. The average molecular weight is 414 g/mol. The minimum Gasteiger partial charge on any atom is -0.497 e. The Bertz CT molecular complexity index is 860. The lowest BCUT2D eigenvalue weighted by molar-refractivity contribution is -0.122. The van der Waals surface area contributed by atoms with Crippen LogP contribution in [0.15, 0.2) is 29.6 Å². The van der Waals surface area contributed by atoms with Crippen LogP contribution in [0, 0.1) is 5.92 Å². The molecule has 1 saturated heterocycles. The highest BCUT2D eigenvalue weighted by Crippen LogP contribution is 2.31. The van der Waals surface area contributed by atoms with E-state index >= 15 is 0 Å². The van der Waals surface area contributed by atoms with Crippen LogP contribution in [0.3, 0.4) is 0 Å². The summed E-state index contributed by atoms with van der Waals surface area (Å²) < 4.78 is 5.17. The van der Waals surface area contributed by atoms with Crippen LogP contribution in [-0.2, 0) is 11.2 Å². The summed E-state index contributed by atoms with van der Waals surface area (Å²) in [6.07, 6.45) is 4.85. The normalized spacial score (nSPS) is 19.1. The second-order valence-electron chi connectivity index (χ2n) is 7.81. The Morgan fingerprint density at radius 3 is 2.76 bits per heavy atom. The molecule has 1 aromatic heterocycles. The third-order valence-electron chi connectivity index (χ3n) is 5.59. The largest absolute Gasteiger partial charge is 0.497 e. The molecule has 0 spiro atoms. The molecular weight excluding hydrogens is 386 g/mol. The molecule has 7 heteroatoms. The number of methoxy groups -OCH3 is 1. The highest BCUT2D eigenvalue weighted by Gasteiger charge is 2.29. The van der Waals surface area contributed by atoms with Crippen LogP contribution < -0.4 is 10.1 Å². The Hall–Kier alpha value is -2.41. The van der Waals surface area contributed by atoms with Gasteiger partial charge in [-0.2, -0.15) is 0 Å². The molecule has 1 aliphatic carbocycles. The van der Waals surface area contributed by atoms with E-state index in [2.05, 4.69) is 10.7 Å². The molecule has 2 heterocycles.